The number of rotatable bonds is 8. The molecule has 15 nitrogen and oxygen atoms in total. The van der Waals surface area contributed by atoms with Crippen molar-refractivity contribution in [1.82, 2.24) is 25.2 Å². The monoisotopic (exact) mass is 873 g/mol. The van der Waals surface area contributed by atoms with Crippen LogP contribution in [0.4, 0.5) is 18.0 Å². The molecule has 0 unspecified atom stereocenters. The van der Waals surface area contributed by atoms with Gasteiger partial charge in [0.15, 0.2) is 11.5 Å². The fourth-order valence-electron chi connectivity index (χ4n) is 7.48. The summed E-state index contributed by atoms with van der Waals surface area (Å²) in [7, 11) is 0.372. The predicted octanol–water partition coefficient (Wildman–Crippen LogP) is 6.30. The molecule has 6 atom stereocenters. The van der Waals surface area contributed by atoms with Crippen molar-refractivity contribution in [2.24, 2.45) is 17.8 Å². The number of hydrogen-bond donors (Lipinski definition) is 3. The highest BCUT2D eigenvalue weighted by Gasteiger charge is 2.63. The summed E-state index contributed by atoms with van der Waals surface area (Å²) in [5.41, 5.74) is -3.88. The molecular formula is C41H62F3N5O10S. The summed E-state index contributed by atoms with van der Waals surface area (Å²) in [6.07, 6.45) is 3.55. The minimum Gasteiger partial charge on any atom is -0.493 e. The molecule has 338 valence electrons. The van der Waals surface area contributed by atoms with Gasteiger partial charge in [-0.3, -0.25) is 19.1 Å². The average Bonchev–Trinajstić information content (AvgIpc) is 4.05. The molecule has 1 saturated heterocycles. The van der Waals surface area contributed by atoms with Gasteiger partial charge >= 0.3 is 12.3 Å². The number of sulfonamides is 1. The molecule has 3 fully saturated rings. The van der Waals surface area contributed by atoms with Gasteiger partial charge in [0.05, 0.1) is 25.5 Å². The molecule has 60 heavy (non-hydrogen) atoms. The third-order valence-electron chi connectivity index (χ3n) is 11.7. The van der Waals surface area contributed by atoms with E-state index in [-0.39, 0.29) is 47.8 Å². The largest absolute Gasteiger partial charge is 0.493 e. The molecule has 4 aliphatic rings. The standard InChI is InChI=1S/C35H46N4O8S.C6H10F3NO2.3H2/c1-21-8-6-7-9-24-19-35(24,33(42)38-48(43,44)34(3)11-12-34)37-31(41)27-17-25(20-39(27)30(40)15-22(2)14-21)47-32-26-18-29(46-5)28(45-4)16-23(26)10-13-36-32;1-5(2,6(7,8)9)12-4(11)10-3;;;/h7,9-10,13,16,18,21-22,24-25,27H,6,8,11-12,14-15,17,19-20H2,1-5H3,(H,37,41)(H,38,42);1-3H3,(H,10,11);3*1H/b9-7-;;;;/t21-,22+,24+,25+,27-,35+;;;;/m0..../s1. The second-order valence-electron chi connectivity index (χ2n) is 17.0. The molecule has 19 heteroatoms. The van der Waals surface area contributed by atoms with Gasteiger partial charge in [-0.2, -0.15) is 13.2 Å². The lowest BCUT2D eigenvalue weighted by Crippen LogP contribution is -2.57. The molecule has 0 radical (unpaired) electrons. The van der Waals surface area contributed by atoms with E-state index in [0.29, 0.717) is 41.5 Å². The second kappa shape index (κ2) is 17.7. The maximum absolute atomic E-state index is 14.1. The van der Waals surface area contributed by atoms with Gasteiger partial charge < -0.3 is 34.5 Å². The summed E-state index contributed by atoms with van der Waals surface area (Å²) < 4.78 is 84.9. The van der Waals surface area contributed by atoms with Crippen LogP contribution in [0.3, 0.4) is 0 Å². The Morgan fingerprint density at radius 3 is 2.33 bits per heavy atom. The predicted molar refractivity (Wildman–Crippen MR) is 221 cm³/mol. The summed E-state index contributed by atoms with van der Waals surface area (Å²) in [6.45, 7) is 7.55. The Labute approximate surface area is 353 Å². The molecule has 1 aromatic heterocycles. The zero-order chi connectivity index (χ0) is 44.4. The number of nitrogens with zero attached hydrogens (tertiary/aromatic N) is 2. The van der Waals surface area contributed by atoms with Crippen LogP contribution in [-0.4, -0.2) is 104 Å². The molecule has 2 saturated carbocycles. The lowest BCUT2D eigenvalue weighted by Gasteiger charge is -2.28. The molecular weight excluding hydrogens is 812 g/mol. The molecule has 0 bridgehead atoms. The van der Waals surface area contributed by atoms with Crippen LogP contribution in [0.5, 0.6) is 17.4 Å². The van der Waals surface area contributed by atoms with Crippen LogP contribution in [0, 0.1) is 17.8 Å². The Balaban J connectivity index is 0.000000800. The van der Waals surface area contributed by atoms with Crippen LogP contribution in [-0.2, 0) is 29.1 Å². The summed E-state index contributed by atoms with van der Waals surface area (Å²) in [5.74, 6) is 0.0945. The lowest BCUT2D eigenvalue weighted by molar-refractivity contribution is -0.243. The maximum atomic E-state index is 14.1. The summed E-state index contributed by atoms with van der Waals surface area (Å²) in [4.78, 5) is 58.1. The molecule has 2 aromatic rings. The highest BCUT2D eigenvalue weighted by Crippen LogP contribution is 2.48. The van der Waals surface area contributed by atoms with Crippen LogP contribution in [0.2, 0.25) is 0 Å². The lowest BCUT2D eigenvalue weighted by atomic mass is 9.91. The molecule has 3 heterocycles. The number of carbonyl (C=O) groups excluding carboxylic acids is 4. The van der Waals surface area contributed by atoms with Crippen molar-refractivity contribution in [3.8, 4) is 17.4 Å². The fourth-order valence-corrected chi connectivity index (χ4v) is 8.79. The van der Waals surface area contributed by atoms with Crippen LogP contribution >= 0.6 is 0 Å². The minimum atomic E-state index is -4.56. The van der Waals surface area contributed by atoms with E-state index < -0.39 is 62.1 Å². The Hall–Kier alpha value is -4.81. The number of nitrogens with one attached hydrogen (secondary N) is 3. The number of amides is 4. The van der Waals surface area contributed by atoms with Crippen molar-refractivity contribution in [2.75, 3.05) is 27.8 Å². The highest BCUT2D eigenvalue weighted by atomic mass is 32.2. The van der Waals surface area contributed by atoms with Crippen molar-refractivity contribution >= 4 is 44.6 Å². The minimum absolute atomic E-state index is 0. The van der Waals surface area contributed by atoms with Crippen molar-refractivity contribution in [3.05, 3.63) is 36.5 Å². The SMILES string of the molecule is CNC(=O)OC(C)(C)C(F)(F)F.COc1cc2ccnc(O[C@@H]3C[C@H]4C(=O)N[C@]5(C(=O)NS(=O)(=O)C6(C)CC6)C[C@H]5/C=C\CC[C@H](C)C[C@@H](C)CC(=O)N4C3)c2cc1OC.[HH].[HH].[HH]. The number of halogens is 3. The highest BCUT2D eigenvalue weighted by molar-refractivity contribution is 7.91. The average molecular weight is 874 g/mol. The molecule has 0 spiro atoms. The topological polar surface area (TPSA) is 192 Å². The summed E-state index contributed by atoms with van der Waals surface area (Å²) in [6, 6.07) is 4.52. The number of ether oxygens (including phenoxy) is 4. The normalized spacial score (nSPS) is 27.2. The third kappa shape index (κ3) is 10.2. The Kier molecular flexibility index (Phi) is 13.6. The number of alkyl halides is 3. The van der Waals surface area contributed by atoms with Crippen LogP contribution in [0.15, 0.2) is 36.5 Å². The van der Waals surface area contributed by atoms with E-state index in [4.69, 9.17) is 14.2 Å². The number of hydrogen-bond acceptors (Lipinski definition) is 11. The van der Waals surface area contributed by atoms with Gasteiger partial charge in [-0.05, 0) is 94.7 Å². The molecule has 6 rings (SSSR count). The number of benzene rings is 1. The maximum Gasteiger partial charge on any atom is 0.427 e. The van der Waals surface area contributed by atoms with E-state index in [9.17, 15) is 40.8 Å². The van der Waals surface area contributed by atoms with Gasteiger partial charge in [-0.15, -0.1) is 0 Å². The Morgan fingerprint density at radius 1 is 1.05 bits per heavy atom. The van der Waals surface area contributed by atoms with E-state index in [1.807, 2.05) is 29.6 Å². The number of pyridine rings is 1. The van der Waals surface area contributed by atoms with Gasteiger partial charge in [0.1, 0.15) is 17.7 Å². The number of allylic oxidation sites excluding steroid dienone is 1. The number of alkyl carbamates (subject to hydrolysis) is 1. The van der Waals surface area contributed by atoms with E-state index in [1.165, 1.54) is 7.05 Å². The van der Waals surface area contributed by atoms with E-state index in [0.717, 1.165) is 38.5 Å². The van der Waals surface area contributed by atoms with Crippen molar-refractivity contribution in [1.29, 1.82) is 0 Å². The van der Waals surface area contributed by atoms with Crippen molar-refractivity contribution in [2.45, 2.75) is 120 Å². The second-order valence-corrected chi connectivity index (χ2v) is 19.2. The van der Waals surface area contributed by atoms with Crippen LogP contribution in [0.1, 0.15) is 90.3 Å². The fraction of sp³-hybridized carbons (Fsp3) is 0.634. The van der Waals surface area contributed by atoms with Crippen molar-refractivity contribution < 1.29 is 64.0 Å². The summed E-state index contributed by atoms with van der Waals surface area (Å²) >= 11 is 0. The Morgan fingerprint density at radius 2 is 1.72 bits per heavy atom. The van der Waals surface area contributed by atoms with Gasteiger partial charge in [0.25, 0.3) is 5.91 Å². The molecule has 1 aromatic carbocycles. The molecule has 2 aliphatic heterocycles. The third-order valence-corrected chi connectivity index (χ3v) is 13.9. The van der Waals surface area contributed by atoms with E-state index in [2.05, 4.69) is 33.6 Å². The number of aromatic nitrogens is 1. The van der Waals surface area contributed by atoms with E-state index in [1.54, 1.807) is 38.3 Å². The van der Waals surface area contributed by atoms with E-state index >= 15 is 0 Å². The molecule has 2 aliphatic carbocycles. The van der Waals surface area contributed by atoms with Gasteiger partial charge in [-0.25, -0.2) is 18.2 Å². The first-order chi connectivity index (χ1) is 28.0. The molecule has 4 amide bonds. The zero-order valence-electron chi connectivity index (χ0n) is 35.2. The van der Waals surface area contributed by atoms with Crippen molar-refractivity contribution in [3.63, 3.8) is 0 Å². The zero-order valence-corrected chi connectivity index (χ0v) is 36.1. The first-order valence-corrected chi connectivity index (χ1v) is 21.5. The first kappa shape index (κ1) is 46.3. The van der Waals surface area contributed by atoms with Crippen LogP contribution < -0.4 is 29.6 Å². The van der Waals surface area contributed by atoms with Gasteiger partial charge in [-0.1, -0.05) is 26.0 Å². The quantitative estimate of drug-likeness (QED) is 0.253. The molecule has 3 N–H and O–H groups in total. The Bertz CT molecular complexity index is 2110. The number of fused-ring (bicyclic) bond motifs is 3. The summed E-state index contributed by atoms with van der Waals surface area (Å²) in [5, 5.41) is 6.36. The number of methoxy groups -OCH3 is 2. The first-order valence-electron chi connectivity index (χ1n) is 20.0. The smallest absolute Gasteiger partial charge is 0.427 e. The van der Waals surface area contributed by atoms with Crippen LogP contribution in [0.25, 0.3) is 10.8 Å². The van der Waals surface area contributed by atoms with Gasteiger partial charge in [0.2, 0.25) is 33.3 Å². The number of carbonyl (C=O) groups is 4. The van der Waals surface area contributed by atoms with Gasteiger partial charge in [0, 0.05) is 41.7 Å².